The zero-order chi connectivity index (χ0) is 20.3. The lowest BCUT2D eigenvalue weighted by molar-refractivity contribution is -0.160. The third kappa shape index (κ3) is 2.98. The highest BCUT2D eigenvalue weighted by Gasteiger charge is 2.56. The first-order valence-corrected chi connectivity index (χ1v) is 11.6. The summed E-state index contributed by atoms with van der Waals surface area (Å²) in [5.74, 6) is 3.74. The van der Waals surface area contributed by atoms with Crippen LogP contribution in [0.2, 0.25) is 0 Å². The number of rotatable bonds is 3. The van der Waals surface area contributed by atoms with Crippen molar-refractivity contribution in [2.24, 2.45) is 23.2 Å². The van der Waals surface area contributed by atoms with Gasteiger partial charge in [0.2, 0.25) is 11.8 Å². The van der Waals surface area contributed by atoms with E-state index in [1.165, 1.54) is 19.3 Å². The van der Waals surface area contributed by atoms with E-state index in [2.05, 4.69) is 5.32 Å². The molecule has 2 amide bonds. The van der Waals surface area contributed by atoms with E-state index in [-0.39, 0.29) is 23.3 Å². The minimum atomic E-state index is -0.362. The van der Waals surface area contributed by atoms with Crippen molar-refractivity contribution in [3.63, 3.8) is 0 Å². The monoisotopic (exact) mass is 410 g/mol. The number of fused-ring (bicyclic) bond motifs is 1. The van der Waals surface area contributed by atoms with E-state index < -0.39 is 0 Å². The number of hydrogen-bond donors (Lipinski definition) is 1. The van der Waals surface area contributed by atoms with Crippen molar-refractivity contribution in [2.75, 3.05) is 25.1 Å². The molecule has 0 radical (unpaired) electrons. The molecule has 7 rings (SSSR count). The zero-order valence-corrected chi connectivity index (χ0v) is 17.4. The van der Waals surface area contributed by atoms with Gasteiger partial charge >= 0.3 is 0 Å². The molecule has 4 bridgehead atoms. The first-order valence-electron chi connectivity index (χ1n) is 11.6. The molecule has 0 aromatic heterocycles. The van der Waals surface area contributed by atoms with Gasteiger partial charge in [0.15, 0.2) is 11.5 Å². The largest absolute Gasteiger partial charge is 0.486 e. The molecule has 1 aromatic rings. The van der Waals surface area contributed by atoms with Gasteiger partial charge in [0.25, 0.3) is 0 Å². The second kappa shape index (κ2) is 6.89. The number of nitrogens with one attached hydrogen (secondary N) is 1. The van der Waals surface area contributed by atoms with Gasteiger partial charge in [-0.15, -0.1) is 0 Å². The van der Waals surface area contributed by atoms with Gasteiger partial charge < -0.3 is 19.7 Å². The van der Waals surface area contributed by atoms with Crippen molar-refractivity contribution in [1.29, 1.82) is 0 Å². The Labute approximate surface area is 177 Å². The van der Waals surface area contributed by atoms with Gasteiger partial charge in [-0.05, 0) is 81.3 Å². The maximum Gasteiger partial charge on any atom is 0.247 e. The van der Waals surface area contributed by atoms with Crippen LogP contribution in [0.15, 0.2) is 18.2 Å². The summed E-state index contributed by atoms with van der Waals surface area (Å²) in [6, 6.07) is 5.12. The van der Waals surface area contributed by atoms with Gasteiger partial charge in [-0.1, -0.05) is 0 Å². The van der Waals surface area contributed by atoms with Crippen LogP contribution < -0.4 is 14.8 Å². The molecule has 6 heteroatoms. The van der Waals surface area contributed by atoms with E-state index in [0.29, 0.717) is 36.9 Å². The van der Waals surface area contributed by atoms with Gasteiger partial charge in [-0.2, -0.15) is 0 Å². The van der Waals surface area contributed by atoms with E-state index in [1.54, 1.807) is 0 Å². The van der Waals surface area contributed by atoms with Crippen LogP contribution in [0.3, 0.4) is 0 Å². The Hall–Kier alpha value is -2.24. The van der Waals surface area contributed by atoms with Crippen molar-refractivity contribution in [1.82, 2.24) is 4.90 Å². The fourth-order valence-electron chi connectivity index (χ4n) is 7.31. The van der Waals surface area contributed by atoms with Crippen molar-refractivity contribution < 1.29 is 19.1 Å². The molecule has 0 spiro atoms. The van der Waals surface area contributed by atoms with Crippen LogP contribution in [0.1, 0.15) is 51.4 Å². The Morgan fingerprint density at radius 1 is 0.967 bits per heavy atom. The molecule has 1 aromatic carbocycles. The zero-order valence-electron chi connectivity index (χ0n) is 17.4. The Morgan fingerprint density at radius 3 is 2.33 bits per heavy atom. The maximum absolute atomic E-state index is 13.8. The first kappa shape index (κ1) is 18.5. The predicted molar refractivity (Wildman–Crippen MR) is 111 cm³/mol. The van der Waals surface area contributed by atoms with Crippen LogP contribution >= 0.6 is 0 Å². The highest BCUT2D eigenvalue weighted by atomic mass is 16.6. The van der Waals surface area contributed by atoms with Crippen LogP contribution in [0, 0.1) is 23.2 Å². The molecule has 2 heterocycles. The molecule has 6 aliphatic rings. The number of nitrogens with zero attached hydrogens (tertiary/aromatic N) is 1. The molecular weight excluding hydrogens is 380 g/mol. The fourth-order valence-corrected chi connectivity index (χ4v) is 7.31. The summed E-state index contributed by atoms with van der Waals surface area (Å²) in [7, 11) is 0. The molecule has 1 N–H and O–H groups in total. The molecule has 4 saturated carbocycles. The second-order valence-electron chi connectivity index (χ2n) is 10.2. The summed E-state index contributed by atoms with van der Waals surface area (Å²) in [5, 5.41) is 3.02. The summed E-state index contributed by atoms with van der Waals surface area (Å²) in [6.07, 6.45) is 8.74. The lowest BCUT2D eigenvalue weighted by Gasteiger charge is -2.56. The van der Waals surface area contributed by atoms with Gasteiger partial charge in [-0.3, -0.25) is 9.59 Å². The third-order valence-corrected chi connectivity index (χ3v) is 8.12. The lowest BCUT2D eigenvalue weighted by atomic mass is 9.49. The number of carbonyl (C=O) groups excluding carboxylic acids is 2. The van der Waals surface area contributed by atoms with Gasteiger partial charge in [0.1, 0.15) is 19.3 Å². The van der Waals surface area contributed by atoms with Crippen molar-refractivity contribution >= 4 is 17.5 Å². The highest BCUT2D eigenvalue weighted by Crippen LogP contribution is 2.60. The Balaban J connectivity index is 1.18. The smallest absolute Gasteiger partial charge is 0.247 e. The van der Waals surface area contributed by atoms with Crippen LogP contribution in [0.4, 0.5) is 5.69 Å². The molecule has 6 nitrogen and oxygen atoms in total. The number of benzene rings is 1. The molecular formula is C24H30N2O4. The molecule has 30 heavy (non-hydrogen) atoms. The molecule has 160 valence electrons. The molecule has 2 aliphatic heterocycles. The third-order valence-electron chi connectivity index (χ3n) is 8.12. The summed E-state index contributed by atoms with van der Waals surface area (Å²) < 4.78 is 11.2. The van der Waals surface area contributed by atoms with Crippen LogP contribution in [-0.4, -0.2) is 42.5 Å². The van der Waals surface area contributed by atoms with Crippen LogP contribution in [0.25, 0.3) is 0 Å². The number of hydrogen-bond acceptors (Lipinski definition) is 4. The van der Waals surface area contributed by atoms with Crippen molar-refractivity contribution in [3.8, 4) is 11.5 Å². The average molecular weight is 411 g/mol. The van der Waals surface area contributed by atoms with Crippen LogP contribution in [-0.2, 0) is 9.59 Å². The number of ether oxygens (including phenoxy) is 2. The Kier molecular flexibility index (Phi) is 4.26. The fraction of sp³-hybridized carbons (Fsp3) is 0.667. The minimum Gasteiger partial charge on any atom is -0.486 e. The predicted octanol–water partition coefficient (Wildman–Crippen LogP) is 3.60. The normalized spacial score (nSPS) is 36.1. The van der Waals surface area contributed by atoms with Crippen molar-refractivity contribution in [3.05, 3.63) is 18.2 Å². The number of carbonyl (C=O) groups is 2. The standard InChI is InChI=1S/C24H30N2O4/c27-22(25-18-3-4-20-21(11-18)30-7-6-29-20)19-2-1-5-26(19)23(28)24-12-15-8-16(13-24)10-17(9-15)14-24/h3-4,11,15-17,19H,1-2,5-10,12-14H2,(H,25,27). The second-order valence-corrected chi connectivity index (χ2v) is 10.2. The highest BCUT2D eigenvalue weighted by molar-refractivity contribution is 5.98. The summed E-state index contributed by atoms with van der Waals surface area (Å²) in [4.78, 5) is 28.8. The van der Waals surface area contributed by atoms with E-state index in [0.717, 1.165) is 49.9 Å². The molecule has 1 atom stereocenters. The summed E-state index contributed by atoms with van der Waals surface area (Å²) in [6.45, 7) is 1.77. The van der Waals surface area contributed by atoms with E-state index >= 15 is 0 Å². The molecule has 4 aliphatic carbocycles. The SMILES string of the molecule is O=C(Nc1ccc2c(c1)OCCO2)C1CCCN1C(=O)C12CC3CC(CC(C3)C1)C2. The Bertz CT molecular complexity index is 847. The number of amides is 2. The van der Waals surface area contributed by atoms with E-state index in [4.69, 9.17) is 9.47 Å². The van der Waals surface area contributed by atoms with E-state index in [1.807, 2.05) is 23.1 Å². The average Bonchev–Trinajstić information content (AvgIpc) is 3.22. The number of anilines is 1. The van der Waals surface area contributed by atoms with Gasteiger partial charge in [-0.25, -0.2) is 0 Å². The lowest BCUT2D eigenvalue weighted by Crippen LogP contribution is -2.56. The molecule has 5 fully saturated rings. The van der Waals surface area contributed by atoms with Crippen LogP contribution in [0.5, 0.6) is 11.5 Å². The Morgan fingerprint density at radius 2 is 1.63 bits per heavy atom. The van der Waals surface area contributed by atoms with Gasteiger partial charge in [0.05, 0.1) is 5.41 Å². The summed E-state index contributed by atoms with van der Waals surface area (Å²) in [5.41, 5.74) is 0.507. The van der Waals surface area contributed by atoms with E-state index in [9.17, 15) is 9.59 Å². The first-order chi connectivity index (χ1) is 14.6. The van der Waals surface area contributed by atoms with Gasteiger partial charge in [0, 0.05) is 18.3 Å². The topological polar surface area (TPSA) is 67.9 Å². The number of likely N-dealkylation sites (tertiary alicyclic amines) is 1. The molecule has 1 unspecified atom stereocenters. The summed E-state index contributed by atoms with van der Waals surface area (Å²) >= 11 is 0. The maximum atomic E-state index is 13.8. The molecule has 1 saturated heterocycles. The quantitative estimate of drug-likeness (QED) is 0.827. The van der Waals surface area contributed by atoms with Crippen molar-refractivity contribution in [2.45, 2.75) is 57.4 Å². The minimum absolute atomic E-state index is 0.0812.